The Bertz CT molecular complexity index is 301. The van der Waals surface area contributed by atoms with E-state index in [1.54, 1.807) is 6.33 Å². The molecule has 6 heteroatoms. The molecule has 1 fully saturated rings. The van der Waals surface area contributed by atoms with Gasteiger partial charge in [0.1, 0.15) is 12.2 Å². The number of rotatable bonds is 3. The van der Waals surface area contributed by atoms with E-state index in [0.29, 0.717) is 0 Å². The van der Waals surface area contributed by atoms with E-state index in [1.165, 1.54) is 0 Å². The third-order valence-electron chi connectivity index (χ3n) is 2.77. The Morgan fingerprint density at radius 2 is 2.00 bits per heavy atom. The maximum Gasteiger partial charge on any atom is 0.147 e. The Labute approximate surface area is 89.8 Å². The van der Waals surface area contributed by atoms with E-state index in [1.807, 2.05) is 11.6 Å². The number of likely N-dealkylation sites (N-methyl/N-ethyl adjacent to an activating group) is 1. The molecule has 0 bridgehead atoms. The van der Waals surface area contributed by atoms with Crippen molar-refractivity contribution in [1.82, 2.24) is 30.1 Å². The van der Waals surface area contributed by atoms with Crippen molar-refractivity contribution >= 4 is 0 Å². The van der Waals surface area contributed by atoms with Gasteiger partial charge in [-0.3, -0.25) is 0 Å². The third kappa shape index (κ3) is 2.74. The number of aryl methyl sites for hydroxylation is 1. The molecular weight excluding hydrogens is 192 g/mol. The zero-order chi connectivity index (χ0) is 10.7. The first-order valence-corrected chi connectivity index (χ1v) is 5.25. The minimum absolute atomic E-state index is 0.750. The maximum atomic E-state index is 4.03. The first kappa shape index (κ1) is 10.5. The molecule has 84 valence electrons. The van der Waals surface area contributed by atoms with Gasteiger partial charge in [0.15, 0.2) is 0 Å². The standard InChI is InChI=1S/C9H18N6/c1-13-3-5-15(6-4-13)11-7-9-12-10-8-14(9)2/h8,11H,3-7H2,1-2H3. The number of hydrogen-bond acceptors (Lipinski definition) is 5. The molecule has 1 aromatic heterocycles. The van der Waals surface area contributed by atoms with Crippen LogP contribution < -0.4 is 5.43 Å². The zero-order valence-corrected chi connectivity index (χ0v) is 9.35. The highest BCUT2D eigenvalue weighted by molar-refractivity contribution is 4.82. The maximum absolute atomic E-state index is 4.03. The lowest BCUT2D eigenvalue weighted by molar-refractivity contribution is 0.101. The lowest BCUT2D eigenvalue weighted by Gasteiger charge is -2.32. The second-order valence-electron chi connectivity index (χ2n) is 3.98. The van der Waals surface area contributed by atoms with E-state index < -0.39 is 0 Å². The molecule has 0 amide bonds. The zero-order valence-electron chi connectivity index (χ0n) is 9.35. The van der Waals surface area contributed by atoms with Crippen molar-refractivity contribution in [2.75, 3.05) is 33.2 Å². The number of hydrogen-bond donors (Lipinski definition) is 1. The first-order valence-electron chi connectivity index (χ1n) is 5.25. The van der Waals surface area contributed by atoms with Gasteiger partial charge in [-0.05, 0) is 7.05 Å². The fraction of sp³-hybridized carbons (Fsp3) is 0.778. The van der Waals surface area contributed by atoms with Crippen LogP contribution in [0.15, 0.2) is 6.33 Å². The molecule has 0 aromatic carbocycles. The molecule has 1 aliphatic rings. The number of hydrazine groups is 1. The Morgan fingerprint density at radius 1 is 1.27 bits per heavy atom. The average molecular weight is 210 g/mol. The van der Waals surface area contributed by atoms with Crippen LogP contribution in [0.4, 0.5) is 0 Å². The summed E-state index contributed by atoms with van der Waals surface area (Å²) in [7, 11) is 4.11. The number of piperazine rings is 1. The molecule has 0 saturated carbocycles. The quantitative estimate of drug-likeness (QED) is 0.698. The fourth-order valence-corrected chi connectivity index (χ4v) is 1.61. The van der Waals surface area contributed by atoms with Gasteiger partial charge in [0, 0.05) is 33.2 Å². The Morgan fingerprint density at radius 3 is 2.60 bits per heavy atom. The molecule has 0 unspecified atom stereocenters. The predicted molar refractivity (Wildman–Crippen MR) is 56.9 cm³/mol. The van der Waals surface area contributed by atoms with Crippen LogP contribution in [0.5, 0.6) is 0 Å². The molecule has 0 radical (unpaired) electrons. The SMILES string of the molecule is CN1CCN(NCc2nncn2C)CC1. The van der Waals surface area contributed by atoms with Crippen molar-refractivity contribution in [2.24, 2.45) is 7.05 Å². The Balaban J connectivity index is 1.77. The van der Waals surface area contributed by atoms with Crippen molar-refractivity contribution in [3.8, 4) is 0 Å². The van der Waals surface area contributed by atoms with Gasteiger partial charge in [0.2, 0.25) is 0 Å². The van der Waals surface area contributed by atoms with Crippen LogP contribution >= 0.6 is 0 Å². The van der Waals surface area contributed by atoms with E-state index in [2.05, 4.69) is 32.6 Å². The monoisotopic (exact) mass is 210 g/mol. The molecule has 2 heterocycles. The van der Waals surface area contributed by atoms with Crippen LogP contribution in [-0.4, -0.2) is 57.9 Å². The molecule has 1 aromatic rings. The smallest absolute Gasteiger partial charge is 0.147 e. The molecule has 15 heavy (non-hydrogen) atoms. The summed E-state index contributed by atoms with van der Waals surface area (Å²) in [6, 6.07) is 0. The fourth-order valence-electron chi connectivity index (χ4n) is 1.61. The van der Waals surface area contributed by atoms with Gasteiger partial charge in [-0.15, -0.1) is 10.2 Å². The van der Waals surface area contributed by atoms with Crippen LogP contribution in [0.2, 0.25) is 0 Å². The summed E-state index contributed by atoms with van der Waals surface area (Å²) in [6.45, 7) is 5.11. The summed E-state index contributed by atoms with van der Waals surface area (Å²) < 4.78 is 1.93. The highest BCUT2D eigenvalue weighted by Gasteiger charge is 2.13. The minimum atomic E-state index is 0.750. The van der Waals surface area contributed by atoms with Crippen LogP contribution in [0.3, 0.4) is 0 Å². The van der Waals surface area contributed by atoms with Crippen molar-refractivity contribution in [3.63, 3.8) is 0 Å². The topological polar surface area (TPSA) is 49.2 Å². The summed E-state index contributed by atoms with van der Waals surface area (Å²) in [6.07, 6.45) is 1.72. The van der Waals surface area contributed by atoms with Gasteiger partial charge in [-0.2, -0.15) is 0 Å². The molecule has 1 N–H and O–H groups in total. The highest BCUT2D eigenvalue weighted by Crippen LogP contribution is 1.97. The normalized spacial score (nSPS) is 19.6. The summed E-state index contributed by atoms with van der Waals surface area (Å²) in [4.78, 5) is 2.33. The second-order valence-corrected chi connectivity index (χ2v) is 3.98. The van der Waals surface area contributed by atoms with Crippen LogP contribution in [-0.2, 0) is 13.6 Å². The Kier molecular flexibility index (Phi) is 3.30. The van der Waals surface area contributed by atoms with Crippen LogP contribution in [0.25, 0.3) is 0 Å². The molecule has 1 aliphatic heterocycles. The number of nitrogens with zero attached hydrogens (tertiary/aromatic N) is 5. The molecule has 0 spiro atoms. The van der Waals surface area contributed by atoms with Gasteiger partial charge in [-0.25, -0.2) is 10.4 Å². The van der Waals surface area contributed by atoms with Gasteiger partial charge in [-0.1, -0.05) is 0 Å². The first-order chi connectivity index (χ1) is 7.25. The summed E-state index contributed by atoms with van der Waals surface area (Å²) in [5, 5.41) is 10.1. The second kappa shape index (κ2) is 4.69. The average Bonchev–Trinajstić information content (AvgIpc) is 2.63. The predicted octanol–water partition coefficient (Wildman–Crippen LogP) is -0.933. The van der Waals surface area contributed by atoms with Gasteiger partial charge >= 0.3 is 0 Å². The van der Waals surface area contributed by atoms with Crippen molar-refractivity contribution in [2.45, 2.75) is 6.54 Å². The van der Waals surface area contributed by atoms with Gasteiger partial charge in [0.25, 0.3) is 0 Å². The van der Waals surface area contributed by atoms with E-state index >= 15 is 0 Å². The van der Waals surface area contributed by atoms with E-state index in [-0.39, 0.29) is 0 Å². The molecule has 0 aliphatic carbocycles. The number of nitrogens with one attached hydrogen (secondary N) is 1. The van der Waals surface area contributed by atoms with E-state index in [9.17, 15) is 0 Å². The molecular formula is C9H18N6. The van der Waals surface area contributed by atoms with Gasteiger partial charge < -0.3 is 9.47 Å². The molecule has 6 nitrogen and oxygen atoms in total. The summed E-state index contributed by atoms with van der Waals surface area (Å²) in [5.74, 6) is 0.967. The summed E-state index contributed by atoms with van der Waals surface area (Å²) >= 11 is 0. The third-order valence-corrected chi connectivity index (χ3v) is 2.77. The van der Waals surface area contributed by atoms with E-state index in [0.717, 1.165) is 38.5 Å². The Hall–Kier alpha value is -0.980. The minimum Gasteiger partial charge on any atom is -0.320 e. The number of aromatic nitrogens is 3. The van der Waals surface area contributed by atoms with Crippen molar-refractivity contribution < 1.29 is 0 Å². The molecule has 0 atom stereocenters. The van der Waals surface area contributed by atoms with Crippen LogP contribution in [0.1, 0.15) is 5.82 Å². The molecule has 2 rings (SSSR count). The van der Waals surface area contributed by atoms with Crippen LogP contribution in [0, 0.1) is 0 Å². The summed E-state index contributed by atoms with van der Waals surface area (Å²) in [5.41, 5.74) is 3.37. The van der Waals surface area contributed by atoms with E-state index in [4.69, 9.17) is 0 Å². The van der Waals surface area contributed by atoms with Gasteiger partial charge in [0.05, 0.1) is 6.54 Å². The van der Waals surface area contributed by atoms with Crippen molar-refractivity contribution in [3.05, 3.63) is 12.2 Å². The lowest BCUT2D eigenvalue weighted by atomic mass is 10.4. The van der Waals surface area contributed by atoms with Crippen molar-refractivity contribution in [1.29, 1.82) is 0 Å². The highest BCUT2D eigenvalue weighted by atomic mass is 15.5. The molecule has 1 saturated heterocycles. The largest absolute Gasteiger partial charge is 0.320 e. The lowest BCUT2D eigenvalue weighted by Crippen LogP contribution is -2.50.